The van der Waals surface area contributed by atoms with Gasteiger partial charge in [-0.05, 0) is 29.8 Å². The Hall–Kier alpha value is -4.05. The Morgan fingerprint density at radius 3 is 2.64 bits per heavy atom. The molecule has 1 saturated heterocycles. The van der Waals surface area contributed by atoms with Crippen LogP contribution in [0.3, 0.4) is 0 Å². The summed E-state index contributed by atoms with van der Waals surface area (Å²) < 4.78 is 12.0. The number of aromatic hydroxyl groups is 1. The largest absolute Gasteiger partial charge is 0.508 e. The summed E-state index contributed by atoms with van der Waals surface area (Å²) in [6, 6.07) is 14.0. The molecule has 10 heteroatoms. The number of nitrogens with zero attached hydrogens (tertiary/aromatic N) is 6. The normalized spacial score (nSPS) is 13.9. The Labute approximate surface area is 189 Å². The van der Waals surface area contributed by atoms with Crippen LogP contribution in [0.5, 0.6) is 5.75 Å². The first-order valence-corrected chi connectivity index (χ1v) is 10.5. The Balaban J connectivity index is 1.57. The molecule has 33 heavy (non-hydrogen) atoms. The fraction of sp³-hybridized carbons (Fsp3) is 0.261. The number of aromatic nitrogens is 5. The molecule has 0 aliphatic carbocycles. The van der Waals surface area contributed by atoms with Crippen molar-refractivity contribution in [3.63, 3.8) is 0 Å². The van der Waals surface area contributed by atoms with Crippen molar-refractivity contribution in [3.05, 3.63) is 59.7 Å². The Kier molecular flexibility index (Phi) is 5.57. The minimum atomic E-state index is -0.383. The van der Waals surface area contributed by atoms with Crippen LogP contribution in [-0.2, 0) is 16.0 Å². The van der Waals surface area contributed by atoms with Gasteiger partial charge in [0.2, 0.25) is 0 Å². The minimum absolute atomic E-state index is 0.140. The number of hydrogen-bond acceptors (Lipinski definition) is 9. The van der Waals surface area contributed by atoms with Crippen molar-refractivity contribution >= 4 is 23.0 Å². The van der Waals surface area contributed by atoms with E-state index in [1.807, 2.05) is 18.2 Å². The first kappa shape index (κ1) is 20.8. The van der Waals surface area contributed by atoms with Crippen LogP contribution >= 0.6 is 0 Å². The van der Waals surface area contributed by atoms with E-state index in [2.05, 4.69) is 15.2 Å². The molecule has 3 heterocycles. The highest BCUT2D eigenvalue weighted by atomic mass is 16.5. The van der Waals surface area contributed by atoms with E-state index in [1.54, 1.807) is 35.0 Å². The summed E-state index contributed by atoms with van der Waals surface area (Å²) in [7, 11) is 1.35. The van der Waals surface area contributed by atoms with Gasteiger partial charge in [-0.2, -0.15) is 0 Å². The zero-order valence-electron chi connectivity index (χ0n) is 18.0. The third-order valence-corrected chi connectivity index (χ3v) is 5.47. The number of phenolic OH excluding ortho intramolecular Hbond substituents is 1. The smallest absolute Gasteiger partial charge is 0.337 e. The average molecular weight is 446 g/mol. The molecule has 0 amide bonds. The van der Waals surface area contributed by atoms with Crippen molar-refractivity contribution in [3.8, 4) is 17.1 Å². The van der Waals surface area contributed by atoms with Gasteiger partial charge in [-0.15, -0.1) is 5.10 Å². The molecular weight excluding hydrogens is 424 g/mol. The van der Waals surface area contributed by atoms with Crippen LogP contribution in [0.1, 0.15) is 15.9 Å². The highest BCUT2D eigenvalue weighted by Gasteiger charge is 2.22. The number of hydrogen-bond donors (Lipinski definition) is 1. The highest BCUT2D eigenvalue weighted by Crippen LogP contribution is 2.28. The van der Waals surface area contributed by atoms with E-state index < -0.39 is 0 Å². The molecule has 1 fully saturated rings. The van der Waals surface area contributed by atoms with E-state index in [4.69, 9.17) is 19.4 Å². The molecule has 0 spiro atoms. The van der Waals surface area contributed by atoms with E-state index in [0.29, 0.717) is 66.8 Å². The Morgan fingerprint density at radius 2 is 1.91 bits per heavy atom. The third kappa shape index (κ3) is 4.20. The second kappa shape index (κ2) is 8.83. The Morgan fingerprint density at radius 1 is 1.12 bits per heavy atom. The van der Waals surface area contributed by atoms with Gasteiger partial charge in [-0.25, -0.2) is 19.4 Å². The lowest BCUT2D eigenvalue weighted by atomic mass is 10.1. The minimum Gasteiger partial charge on any atom is -0.508 e. The fourth-order valence-corrected chi connectivity index (χ4v) is 3.76. The van der Waals surface area contributed by atoms with Crippen molar-refractivity contribution in [2.45, 2.75) is 6.54 Å². The number of fused-ring (bicyclic) bond motifs is 1. The van der Waals surface area contributed by atoms with Gasteiger partial charge in [0.1, 0.15) is 5.75 Å². The zero-order chi connectivity index (χ0) is 22.8. The molecule has 0 radical (unpaired) electrons. The quantitative estimate of drug-likeness (QED) is 0.461. The summed E-state index contributed by atoms with van der Waals surface area (Å²) in [5.41, 5.74) is 3.29. The van der Waals surface area contributed by atoms with Crippen LogP contribution in [-0.4, -0.2) is 69.5 Å². The molecule has 0 unspecified atom stereocenters. The van der Waals surface area contributed by atoms with Crippen LogP contribution < -0.4 is 4.90 Å². The number of benzene rings is 2. The third-order valence-electron chi connectivity index (χ3n) is 5.47. The number of phenols is 1. The van der Waals surface area contributed by atoms with Gasteiger partial charge >= 0.3 is 5.97 Å². The first-order chi connectivity index (χ1) is 16.1. The molecule has 168 valence electrons. The second-order valence-electron chi connectivity index (χ2n) is 7.63. The maximum atomic E-state index is 11.7. The molecule has 0 saturated carbocycles. The molecule has 4 aromatic rings. The number of ether oxygens (including phenoxy) is 2. The van der Waals surface area contributed by atoms with Gasteiger partial charge in [-0.1, -0.05) is 29.5 Å². The van der Waals surface area contributed by atoms with E-state index in [-0.39, 0.29) is 11.7 Å². The summed E-state index contributed by atoms with van der Waals surface area (Å²) in [5.74, 6) is 0.922. The van der Waals surface area contributed by atoms with Crippen LogP contribution in [0.25, 0.3) is 22.6 Å². The average Bonchev–Trinajstić information content (AvgIpc) is 3.26. The molecule has 10 nitrogen and oxygen atoms in total. The van der Waals surface area contributed by atoms with E-state index in [9.17, 15) is 9.90 Å². The predicted octanol–water partition coefficient (Wildman–Crippen LogP) is 2.27. The monoisotopic (exact) mass is 446 g/mol. The van der Waals surface area contributed by atoms with Crippen LogP contribution in [0.4, 0.5) is 5.82 Å². The summed E-state index contributed by atoms with van der Waals surface area (Å²) in [4.78, 5) is 23.3. The molecule has 0 bridgehead atoms. The first-order valence-electron chi connectivity index (χ1n) is 10.5. The lowest BCUT2D eigenvalue weighted by Crippen LogP contribution is -2.37. The van der Waals surface area contributed by atoms with Gasteiger partial charge in [0.05, 0.1) is 32.4 Å². The lowest BCUT2D eigenvalue weighted by Gasteiger charge is -2.28. The van der Waals surface area contributed by atoms with Gasteiger partial charge in [0.15, 0.2) is 22.8 Å². The molecule has 1 N–H and O–H groups in total. The molecule has 2 aromatic carbocycles. The molecule has 1 aliphatic heterocycles. The van der Waals surface area contributed by atoms with Crippen molar-refractivity contribution in [2.75, 3.05) is 38.3 Å². The zero-order valence-corrected chi connectivity index (χ0v) is 18.0. The maximum absolute atomic E-state index is 11.7. The molecular formula is C23H22N6O4. The Bertz CT molecular complexity index is 1300. The maximum Gasteiger partial charge on any atom is 0.337 e. The number of carbonyl (C=O) groups is 1. The predicted molar refractivity (Wildman–Crippen MR) is 120 cm³/mol. The van der Waals surface area contributed by atoms with Crippen LogP contribution in [0, 0.1) is 0 Å². The topological polar surface area (TPSA) is 115 Å². The van der Waals surface area contributed by atoms with Gasteiger partial charge in [-0.3, -0.25) is 0 Å². The van der Waals surface area contributed by atoms with Crippen molar-refractivity contribution < 1.29 is 19.4 Å². The number of carbonyl (C=O) groups excluding carboxylic acids is 1. The van der Waals surface area contributed by atoms with Crippen LogP contribution in [0.15, 0.2) is 48.5 Å². The summed E-state index contributed by atoms with van der Waals surface area (Å²) in [6.45, 7) is 3.00. The van der Waals surface area contributed by atoms with Gasteiger partial charge < -0.3 is 19.5 Å². The molecule has 0 atom stereocenters. The molecule has 5 rings (SSSR count). The van der Waals surface area contributed by atoms with Crippen molar-refractivity contribution in [1.82, 2.24) is 25.0 Å². The number of morpholine rings is 1. The second-order valence-corrected chi connectivity index (χ2v) is 7.63. The van der Waals surface area contributed by atoms with E-state index in [0.717, 1.165) is 5.56 Å². The molecule has 2 aromatic heterocycles. The fourth-order valence-electron chi connectivity index (χ4n) is 3.76. The summed E-state index contributed by atoms with van der Waals surface area (Å²) in [6.07, 6.45) is 0. The van der Waals surface area contributed by atoms with Crippen molar-refractivity contribution in [1.29, 1.82) is 0 Å². The number of anilines is 1. The standard InChI is InChI=1S/C23H22N6O4/c1-32-23(31)16-7-5-15(6-8-16)14-29-22-19(26-27-29)21(28-9-11-33-12-10-28)24-20(25-22)17-3-2-4-18(30)13-17/h2-8,13,30H,9-12,14H2,1H3. The molecule has 1 aliphatic rings. The number of methoxy groups -OCH3 is 1. The summed E-state index contributed by atoms with van der Waals surface area (Å²) in [5, 5.41) is 18.7. The number of rotatable bonds is 5. The number of esters is 1. The van der Waals surface area contributed by atoms with Crippen molar-refractivity contribution in [2.24, 2.45) is 0 Å². The lowest BCUT2D eigenvalue weighted by molar-refractivity contribution is 0.0600. The highest BCUT2D eigenvalue weighted by molar-refractivity contribution is 5.89. The van der Waals surface area contributed by atoms with Crippen LogP contribution in [0.2, 0.25) is 0 Å². The van der Waals surface area contributed by atoms with Gasteiger partial charge in [0, 0.05) is 18.7 Å². The van der Waals surface area contributed by atoms with Gasteiger partial charge in [0.25, 0.3) is 0 Å². The van der Waals surface area contributed by atoms with E-state index in [1.165, 1.54) is 7.11 Å². The van der Waals surface area contributed by atoms with E-state index >= 15 is 0 Å². The summed E-state index contributed by atoms with van der Waals surface area (Å²) >= 11 is 0. The SMILES string of the molecule is COC(=O)c1ccc(Cn2nnc3c(N4CCOCC4)nc(-c4cccc(O)c4)nc32)cc1.